The van der Waals surface area contributed by atoms with Crippen LogP contribution in [0, 0.1) is 0 Å². The predicted molar refractivity (Wildman–Crippen MR) is 280 cm³/mol. The molecule has 1 unspecified atom stereocenters. The summed E-state index contributed by atoms with van der Waals surface area (Å²) < 4.78 is 61.1. The number of carbonyl (C=O) groups excluding carboxylic acids is 4. The zero-order chi connectivity index (χ0) is 59.6. The topological polar surface area (TPSA) is 456 Å². The van der Waals surface area contributed by atoms with Crippen molar-refractivity contribution >= 4 is 47.9 Å². The van der Waals surface area contributed by atoms with Gasteiger partial charge in [-0.15, -0.1) is 0 Å². The third kappa shape index (κ3) is 27.9. The van der Waals surface area contributed by atoms with Crippen molar-refractivity contribution in [3.8, 4) is 0 Å². The molecule has 0 spiro atoms. The standard InChI is InChI=1S/C48H82N10O22/c1-30(2)76-25-24-75-23-22-74-21-18-70-13-7-39(63)58(10-16-71-14-8-57(5)48(69)80-41(34(62)29-60)36-26-32(54-45(49)50)27-37(77-36)43(64)65)11-17-73-20-19-72-15-9-56(4)47(68)79-35(6-12-59)42-40(53-31(3)61)33(55-46(51)52)28-38(78-42)44(66)67/h27-28,32-36,40-42,59-60,62H,1,6-26,29H2,2-5H3,(H,53,61)(H,64,65)(H,66,67)(H4,49,50,54)(H4,51,52,55)/t32-,33+,34-,35-,36?,40-,41-,42+/m1/s1. The van der Waals surface area contributed by atoms with Gasteiger partial charge in [0.2, 0.25) is 23.3 Å². The van der Waals surface area contributed by atoms with E-state index in [1.807, 2.05) is 0 Å². The van der Waals surface area contributed by atoms with Crippen LogP contribution in [0.5, 0.6) is 0 Å². The summed E-state index contributed by atoms with van der Waals surface area (Å²) in [5.41, 5.74) is 22.1. The number of ether oxygens (including phenoxy) is 11. The minimum Gasteiger partial charge on any atom is -0.496 e. The van der Waals surface area contributed by atoms with Gasteiger partial charge in [-0.3, -0.25) is 9.59 Å². The Hall–Kier alpha value is -6.78. The van der Waals surface area contributed by atoms with E-state index in [-0.39, 0.29) is 117 Å². The lowest BCUT2D eigenvalue weighted by molar-refractivity contribution is -0.144. The van der Waals surface area contributed by atoms with Crippen LogP contribution in [0.15, 0.2) is 46.0 Å². The van der Waals surface area contributed by atoms with Crippen LogP contribution >= 0.6 is 0 Å². The normalized spacial score (nSPS) is 18.7. The van der Waals surface area contributed by atoms with E-state index in [1.165, 1.54) is 30.8 Å². The van der Waals surface area contributed by atoms with Gasteiger partial charge in [0.05, 0.1) is 116 Å². The van der Waals surface area contributed by atoms with Gasteiger partial charge in [-0.25, -0.2) is 29.2 Å². The molecule has 4 amide bonds. The Labute approximate surface area is 463 Å². The van der Waals surface area contributed by atoms with Crippen molar-refractivity contribution in [3.63, 3.8) is 0 Å². The molecule has 0 fully saturated rings. The molecule has 0 saturated carbocycles. The summed E-state index contributed by atoms with van der Waals surface area (Å²) in [7, 11) is 2.80. The summed E-state index contributed by atoms with van der Waals surface area (Å²) in [6.45, 7) is 7.86. The second kappa shape index (κ2) is 38.8. The summed E-state index contributed by atoms with van der Waals surface area (Å²) in [6, 6.07) is -3.11. The number of aliphatic hydroxyl groups is 3. The molecule has 2 aliphatic rings. The van der Waals surface area contributed by atoms with Gasteiger partial charge in [-0.1, -0.05) is 6.58 Å². The fourth-order valence-electron chi connectivity index (χ4n) is 7.37. The number of hydrogen-bond acceptors (Lipinski definition) is 22. The van der Waals surface area contributed by atoms with Crippen LogP contribution in [0.2, 0.25) is 0 Å². The summed E-state index contributed by atoms with van der Waals surface area (Å²) >= 11 is 0. The van der Waals surface area contributed by atoms with E-state index in [9.17, 15) is 54.3 Å². The average Bonchev–Trinajstić information content (AvgIpc) is 3.40. The van der Waals surface area contributed by atoms with E-state index in [0.29, 0.717) is 32.2 Å². The van der Waals surface area contributed by atoms with Gasteiger partial charge < -0.3 is 121 Å². The maximum atomic E-state index is 13.4. The molecule has 2 rings (SSSR count). The Balaban J connectivity index is 1.93. The van der Waals surface area contributed by atoms with Gasteiger partial charge in [-0.05, 0) is 19.1 Å². The fourth-order valence-corrected chi connectivity index (χ4v) is 7.37. The number of allylic oxidation sites excluding steroid dienone is 1. The van der Waals surface area contributed by atoms with Gasteiger partial charge >= 0.3 is 24.1 Å². The Morgan fingerprint density at radius 3 is 1.69 bits per heavy atom. The van der Waals surface area contributed by atoms with Crippen LogP contribution in [0.4, 0.5) is 9.59 Å². The molecule has 8 atom stereocenters. The molecule has 14 N–H and O–H groups in total. The van der Waals surface area contributed by atoms with Crippen LogP contribution in [0.3, 0.4) is 0 Å². The minimum absolute atomic E-state index is 0.0186. The van der Waals surface area contributed by atoms with Crippen LogP contribution in [-0.2, 0) is 71.3 Å². The molecule has 0 bridgehead atoms. The highest BCUT2D eigenvalue weighted by molar-refractivity contribution is 5.86. The Kier molecular flexibility index (Phi) is 33.6. The van der Waals surface area contributed by atoms with Crippen molar-refractivity contribution < 1.29 is 106 Å². The first-order chi connectivity index (χ1) is 38.1. The van der Waals surface area contributed by atoms with Crippen molar-refractivity contribution in [1.82, 2.24) is 20.0 Å². The number of nitrogens with one attached hydrogen (secondary N) is 1. The number of nitrogens with zero attached hydrogens (tertiary/aromatic N) is 5. The molecule has 32 nitrogen and oxygen atoms in total. The highest BCUT2D eigenvalue weighted by atomic mass is 16.6. The number of carboxylic acids is 2. The molecule has 80 heavy (non-hydrogen) atoms. The van der Waals surface area contributed by atoms with Crippen LogP contribution in [0.25, 0.3) is 0 Å². The van der Waals surface area contributed by atoms with Crippen molar-refractivity contribution in [2.24, 2.45) is 32.9 Å². The second-order valence-corrected chi connectivity index (χ2v) is 17.8. The van der Waals surface area contributed by atoms with Crippen molar-refractivity contribution in [2.45, 2.75) is 81.8 Å². The van der Waals surface area contributed by atoms with Gasteiger partial charge in [0, 0.05) is 66.6 Å². The highest BCUT2D eigenvalue weighted by Gasteiger charge is 2.44. The number of aliphatic carboxylic acids is 2. The van der Waals surface area contributed by atoms with Crippen molar-refractivity contribution in [1.29, 1.82) is 0 Å². The smallest absolute Gasteiger partial charge is 0.410 e. The Morgan fingerprint density at radius 2 is 1.19 bits per heavy atom. The number of hydrogen-bond donors (Lipinski definition) is 10. The number of guanidine groups is 2. The first-order valence-corrected chi connectivity index (χ1v) is 25.5. The summed E-state index contributed by atoms with van der Waals surface area (Å²) in [5, 5.41) is 52.0. The van der Waals surface area contributed by atoms with Crippen LogP contribution in [-0.4, -0.2) is 276 Å². The van der Waals surface area contributed by atoms with E-state index in [1.54, 1.807) is 6.92 Å². The maximum absolute atomic E-state index is 13.4. The maximum Gasteiger partial charge on any atom is 0.410 e. The summed E-state index contributed by atoms with van der Waals surface area (Å²) in [6.07, 6.45) is -6.94. The number of rotatable bonds is 41. The number of carbonyl (C=O) groups is 6. The van der Waals surface area contributed by atoms with Gasteiger partial charge in [-0.2, -0.15) is 0 Å². The van der Waals surface area contributed by atoms with Gasteiger partial charge in [0.15, 0.2) is 24.1 Å². The lowest BCUT2D eigenvalue weighted by atomic mass is 9.93. The van der Waals surface area contributed by atoms with E-state index in [2.05, 4.69) is 21.9 Å². The monoisotopic (exact) mass is 1150 g/mol. The van der Waals surface area contributed by atoms with E-state index in [4.69, 9.17) is 75.0 Å². The van der Waals surface area contributed by atoms with E-state index < -0.39 is 109 Å². The molecule has 0 radical (unpaired) electrons. The molecule has 0 saturated heterocycles. The van der Waals surface area contributed by atoms with Gasteiger partial charge in [0.1, 0.15) is 24.9 Å². The van der Waals surface area contributed by atoms with Crippen molar-refractivity contribution in [3.05, 3.63) is 36.0 Å². The second-order valence-electron chi connectivity index (χ2n) is 17.8. The molecule has 0 aliphatic carbocycles. The first kappa shape index (κ1) is 69.3. The Bertz CT molecular complexity index is 2060. The average molecular weight is 1150 g/mol. The molecule has 0 aromatic rings. The van der Waals surface area contributed by atoms with Crippen molar-refractivity contribution in [2.75, 3.05) is 139 Å². The molecule has 0 aromatic heterocycles. The number of nitrogens with two attached hydrogens (primary N) is 4. The summed E-state index contributed by atoms with van der Waals surface area (Å²) in [4.78, 5) is 87.3. The first-order valence-electron chi connectivity index (χ1n) is 25.5. The largest absolute Gasteiger partial charge is 0.496 e. The number of likely N-dealkylation sites (N-methyl/N-ethyl adjacent to an activating group) is 2. The fraction of sp³-hybridized carbons (Fsp3) is 0.708. The summed E-state index contributed by atoms with van der Waals surface area (Å²) in [5.74, 6) is -5.01. The lowest BCUT2D eigenvalue weighted by Crippen LogP contribution is -2.58. The zero-order valence-corrected chi connectivity index (χ0v) is 45.8. The van der Waals surface area contributed by atoms with Crippen LogP contribution in [0.1, 0.15) is 33.1 Å². The SMILES string of the molecule is C=C(C)OCCOCCOCCOCCC(=O)N(CCOCCOCCN(C)C(=O)O[C@H](CCO)[C@@H]1OC(C(=O)O)=C[C@H](N=C(N)N)[C@H]1NC(C)=O)CCOCCN(C)C(=O)O[C@@H](C1C[C@@H](N=C(N)N)C=C(C(=O)O)O1)[C@H](O)CO. The minimum atomic E-state index is -1.67. The number of carboxylic acid groups (broad SMARTS) is 2. The number of aliphatic imine (C=N–C) groups is 2. The quantitative estimate of drug-likeness (QED) is 0.0122. The lowest BCUT2D eigenvalue weighted by Gasteiger charge is -2.39. The van der Waals surface area contributed by atoms with E-state index in [0.717, 1.165) is 17.1 Å². The third-order valence-electron chi connectivity index (χ3n) is 11.3. The molecule has 2 aliphatic heterocycles. The van der Waals surface area contributed by atoms with Gasteiger partial charge in [0.25, 0.3) is 0 Å². The molecule has 0 aromatic carbocycles. The molecule has 32 heteroatoms. The zero-order valence-electron chi connectivity index (χ0n) is 45.8. The highest BCUT2D eigenvalue weighted by Crippen LogP contribution is 2.28. The predicted octanol–water partition coefficient (Wildman–Crippen LogP) is -3.62. The molecular formula is C48H82N10O22. The molecule has 2 heterocycles. The molecule has 456 valence electrons. The van der Waals surface area contributed by atoms with Crippen LogP contribution < -0.4 is 28.3 Å². The molecular weight excluding hydrogens is 1070 g/mol. The Morgan fingerprint density at radius 1 is 0.700 bits per heavy atom. The number of aliphatic hydroxyl groups excluding tert-OH is 3. The number of amides is 4. The third-order valence-corrected chi connectivity index (χ3v) is 11.3. The van der Waals surface area contributed by atoms with E-state index >= 15 is 0 Å².